The van der Waals surface area contributed by atoms with Crippen molar-refractivity contribution in [2.24, 2.45) is 5.14 Å². The quantitative estimate of drug-likeness (QED) is 0.400. The van der Waals surface area contributed by atoms with E-state index < -0.39 is 32.5 Å². The lowest BCUT2D eigenvalue weighted by Gasteiger charge is -2.22. The maximum atomic E-state index is 13.4. The van der Waals surface area contributed by atoms with Crippen molar-refractivity contribution < 1.29 is 26.4 Å². The van der Waals surface area contributed by atoms with Crippen LogP contribution in [0.3, 0.4) is 0 Å². The summed E-state index contributed by atoms with van der Waals surface area (Å²) >= 11 is 0. The molecule has 11 heteroatoms. The predicted octanol–water partition coefficient (Wildman–Crippen LogP) is 2.24. The second-order valence-corrected chi connectivity index (χ2v) is 11.1. The van der Waals surface area contributed by atoms with Gasteiger partial charge in [0.25, 0.3) is 0 Å². The van der Waals surface area contributed by atoms with Crippen LogP contribution in [0.5, 0.6) is 5.75 Å². The van der Waals surface area contributed by atoms with Crippen LogP contribution in [0.25, 0.3) is 0 Å². The van der Waals surface area contributed by atoms with Crippen molar-refractivity contribution in [3.63, 3.8) is 0 Å². The molecule has 0 saturated heterocycles. The Bertz CT molecular complexity index is 1340. The lowest BCUT2D eigenvalue weighted by atomic mass is 10.2. The van der Waals surface area contributed by atoms with Gasteiger partial charge in [-0.15, -0.1) is 0 Å². The number of nitrogens with one attached hydrogen (secondary N) is 1. The van der Waals surface area contributed by atoms with Gasteiger partial charge in [-0.05, 0) is 54.4 Å². The highest BCUT2D eigenvalue weighted by molar-refractivity contribution is 7.89. The fraction of sp³-hybridized carbons (Fsp3) is 0.208. The molecule has 3 rings (SSSR count). The summed E-state index contributed by atoms with van der Waals surface area (Å²) < 4.78 is 56.0. The van der Waals surface area contributed by atoms with E-state index in [1.165, 1.54) is 36.4 Å². The molecule has 0 aliphatic heterocycles. The summed E-state index contributed by atoms with van der Waals surface area (Å²) in [5.74, 6) is 0.0400. The summed E-state index contributed by atoms with van der Waals surface area (Å²) in [6.07, 6.45) is 0. The Balaban J connectivity index is 1.75. The lowest BCUT2D eigenvalue weighted by molar-refractivity contribution is -0.121. The number of carbonyl (C=O) groups excluding carboxylic acids is 1. The van der Waals surface area contributed by atoms with Gasteiger partial charge in [0.1, 0.15) is 5.75 Å². The minimum Gasteiger partial charge on any atom is -0.494 e. The SMILES string of the molecule is CCOc1ccc(S(=O)(=O)N(CC(=O)NCc2ccc(S(N)(=O)=O)cc2)Cc2ccccc2)cc1. The van der Waals surface area contributed by atoms with Crippen LogP contribution in [0.4, 0.5) is 0 Å². The molecule has 0 heterocycles. The van der Waals surface area contributed by atoms with Crippen molar-refractivity contribution in [2.45, 2.75) is 29.8 Å². The Kier molecular flexibility index (Phi) is 8.62. The number of primary sulfonamides is 1. The highest BCUT2D eigenvalue weighted by Gasteiger charge is 2.27. The van der Waals surface area contributed by atoms with Crippen LogP contribution in [0.1, 0.15) is 18.1 Å². The summed E-state index contributed by atoms with van der Waals surface area (Å²) in [5.41, 5.74) is 1.36. The van der Waals surface area contributed by atoms with E-state index in [0.717, 1.165) is 9.87 Å². The van der Waals surface area contributed by atoms with E-state index in [4.69, 9.17) is 9.88 Å². The highest BCUT2D eigenvalue weighted by Crippen LogP contribution is 2.21. The van der Waals surface area contributed by atoms with Crippen LogP contribution in [0, 0.1) is 0 Å². The highest BCUT2D eigenvalue weighted by atomic mass is 32.2. The fourth-order valence-electron chi connectivity index (χ4n) is 3.25. The summed E-state index contributed by atoms with van der Waals surface area (Å²) in [4.78, 5) is 12.7. The number of nitrogens with two attached hydrogens (primary N) is 1. The fourth-order valence-corrected chi connectivity index (χ4v) is 5.15. The molecule has 0 radical (unpaired) electrons. The van der Waals surface area contributed by atoms with Crippen LogP contribution in [-0.2, 0) is 37.9 Å². The molecule has 0 aromatic heterocycles. The van der Waals surface area contributed by atoms with Crippen LogP contribution >= 0.6 is 0 Å². The first-order valence-corrected chi connectivity index (χ1v) is 13.7. The van der Waals surface area contributed by atoms with E-state index in [9.17, 15) is 21.6 Å². The molecular formula is C24H27N3O6S2. The zero-order chi connectivity index (χ0) is 25.5. The largest absolute Gasteiger partial charge is 0.494 e. The average molecular weight is 518 g/mol. The number of rotatable bonds is 11. The summed E-state index contributed by atoms with van der Waals surface area (Å²) in [7, 11) is -7.81. The third-order valence-electron chi connectivity index (χ3n) is 5.04. The minimum absolute atomic E-state index is 0.00681. The first-order valence-electron chi connectivity index (χ1n) is 10.7. The number of ether oxygens (including phenoxy) is 1. The third kappa shape index (κ3) is 7.36. The van der Waals surface area contributed by atoms with Gasteiger partial charge < -0.3 is 10.1 Å². The van der Waals surface area contributed by atoms with E-state index in [1.807, 2.05) is 13.0 Å². The molecule has 0 unspecified atom stereocenters. The van der Waals surface area contributed by atoms with E-state index in [1.54, 1.807) is 36.4 Å². The van der Waals surface area contributed by atoms with Gasteiger partial charge in [-0.1, -0.05) is 42.5 Å². The van der Waals surface area contributed by atoms with Crippen LogP contribution < -0.4 is 15.2 Å². The third-order valence-corrected chi connectivity index (χ3v) is 7.77. The van der Waals surface area contributed by atoms with Crippen LogP contribution in [0.2, 0.25) is 0 Å². The molecule has 0 bridgehead atoms. The zero-order valence-corrected chi connectivity index (χ0v) is 20.8. The Hall–Kier alpha value is -3.25. The molecule has 0 saturated carbocycles. The minimum atomic E-state index is -3.99. The van der Waals surface area contributed by atoms with Gasteiger partial charge >= 0.3 is 0 Å². The molecule has 3 aromatic rings. The molecule has 0 spiro atoms. The number of hydrogen-bond acceptors (Lipinski definition) is 6. The number of hydrogen-bond donors (Lipinski definition) is 2. The van der Waals surface area contributed by atoms with Crippen molar-refractivity contribution in [1.29, 1.82) is 0 Å². The van der Waals surface area contributed by atoms with Gasteiger partial charge in [0.05, 0.1) is 22.9 Å². The first kappa shape index (κ1) is 26.4. The Morgan fingerprint density at radius 2 is 1.46 bits per heavy atom. The van der Waals surface area contributed by atoms with Crippen molar-refractivity contribution in [1.82, 2.24) is 9.62 Å². The van der Waals surface area contributed by atoms with Gasteiger partial charge in [-0.3, -0.25) is 4.79 Å². The molecule has 1 amide bonds. The normalized spacial score (nSPS) is 11.9. The van der Waals surface area contributed by atoms with Crippen LogP contribution in [-0.4, -0.2) is 40.2 Å². The molecule has 9 nitrogen and oxygen atoms in total. The first-order chi connectivity index (χ1) is 16.6. The number of amides is 1. The zero-order valence-electron chi connectivity index (χ0n) is 19.1. The average Bonchev–Trinajstić information content (AvgIpc) is 2.83. The van der Waals surface area contributed by atoms with Gasteiger partial charge in [0.2, 0.25) is 26.0 Å². The van der Waals surface area contributed by atoms with E-state index in [-0.39, 0.29) is 22.9 Å². The van der Waals surface area contributed by atoms with Gasteiger partial charge in [0, 0.05) is 13.1 Å². The molecular weight excluding hydrogens is 490 g/mol. The second kappa shape index (κ2) is 11.5. The molecule has 0 aliphatic carbocycles. The smallest absolute Gasteiger partial charge is 0.243 e. The monoisotopic (exact) mass is 517 g/mol. The Morgan fingerprint density at radius 3 is 2.03 bits per heavy atom. The Labute approximate surface area is 205 Å². The van der Waals surface area contributed by atoms with E-state index in [0.29, 0.717) is 17.9 Å². The Morgan fingerprint density at radius 1 is 0.857 bits per heavy atom. The van der Waals surface area contributed by atoms with Gasteiger partial charge in [-0.2, -0.15) is 4.31 Å². The van der Waals surface area contributed by atoms with Crippen molar-refractivity contribution in [3.8, 4) is 5.75 Å². The van der Waals surface area contributed by atoms with Gasteiger partial charge in [0.15, 0.2) is 0 Å². The number of nitrogens with zero attached hydrogens (tertiary/aromatic N) is 1. The molecule has 0 aliphatic rings. The predicted molar refractivity (Wildman–Crippen MR) is 131 cm³/mol. The van der Waals surface area contributed by atoms with Crippen molar-refractivity contribution in [2.75, 3.05) is 13.2 Å². The van der Waals surface area contributed by atoms with E-state index >= 15 is 0 Å². The number of sulfonamides is 2. The summed E-state index contributed by atoms with van der Waals surface area (Å²) in [5, 5.41) is 7.77. The molecule has 35 heavy (non-hydrogen) atoms. The van der Waals surface area contributed by atoms with E-state index in [2.05, 4.69) is 5.32 Å². The van der Waals surface area contributed by atoms with Crippen molar-refractivity contribution in [3.05, 3.63) is 90.0 Å². The van der Waals surface area contributed by atoms with Crippen LogP contribution in [0.15, 0.2) is 88.7 Å². The number of benzene rings is 3. The molecule has 3 N–H and O–H groups in total. The molecule has 186 valence electrons. The number of carbonyl (C=O) groups is 1. The van der Waals surface area contributed by atoms with Gasteiger partial charge in [-0.25, -0.2) is 22.0 Å². The van der Waals surface area contributed by atoms with Crippen molar-refractivity contribution >= 4 is 26.0 Å². The second-order valence-electron chi connectivity index (χ2n) is 7.63. The molecule has 0 atom stereocenters. The molecule has 3 aromatic carbocycles. The standard InChI is InChI=1S/C24H27N3O6S2/c1-2-33-21-10-14-23(15-11-21)35(31,32)27(17-20-6-4-3-5-7-20)18-24(28)26-16-19-8-12-22(13-9-19)34(25,29)30/h3-15H,2,16-18H2,1H3,(H,26,28)(H2,25,29,30). The lowest BCUT2D eigenvalue weighted by Crippen LogP contribution is -2.40. The summed E-state index contributed by atoms with van der Waals surface area (Å²) in [6.45, 7) is 1.98. The molecule has 0 fully saturated rings. The maximum absolute atomic E-state index is 13.4. The topological polar surface area (TPSA) is 136 Å². The maximum Gasteiger partial charge on any atom is 0.243 e. The summed E-state index contributed by atoms with van der Waals surface area (Å²) in [6, 6.07) is 20.8.